The first kappa shape index (κ1) is 22.9. The zero-order valence-corrected chi connectivity index (χ0v) is 20.0. The van der Waals surface area contributed by atoms with Crippen LogP contribution in [0.1, 0.15) is 42.0 Å². The molecule has 0 aliphatic heterocycles. The van der Waals surface area contributed by atoms with Crippen LogP contribution in [0.15, 0.2) is 59.0 Å². The van der Waals surface area contributed by atoms with Crippen molar-refractivity contribution in [3.8, 4) is 11.1 Å². The van der Waals surface area contributed by atoms with E-state index in [9.17, 15) is 4.79 Å². The Morgan fingerprint density at radius 2 is 1.82 bits per heavy atom. The maximum atomic E-state index is 13.1. The Bertz CT molecular complexity index is 1360. The van der Waals surface area contributed by atoms with Crippen molar-refractivity contribution >= 4 is 40.2 Å². The van der Waals surface area contributed by atoms with Gasteiger partial charge in [0.2, 0.25) is 5.88 Å². The molecule has 1 aromatic heterocycles. The average molecular weight is 462 g/mol. The molecule has 0 aliphatic rings. The molecular formula is C27H28ClN3O2. The van der Waals surface area contributed by atoms with Crippen molar-refractivity contribution in [2.75, 3.05) is 4.90 Å². The van der Waals surface area contributed by atoms with Crippen molar-refractivity contribution in [3.05, 3.63) is 81.9 Å². The second-order valence-electron chi connectivity index (χ2n) is 8.61. The number of hydrogen-bond donors (Lipinski definition) is 2. The molecule has 6 heteroatoms. The van der Waals surface area contributed by atoms with Gasteiger partial charge >= 0.3 is 6.03 Å². The normalized spacial score (nSPS) is 11.4. The topological polar surface area (TPSA) is 85.5 Å². The van der Waals surface area contributed by atoms with E-state index in [0.29, 0.717) is 22.2 Å². The zero-order chi connectivity index (χ0) is 23.9. The largest absolute Gasteiger partial charge is 0.439 e. The van der Waals surface area contributed by atoms with Crippen LogP contribution in [0, 0.1) is 13.8 Å². The number of fused-ring (bicyclic) bond motifs is 1. The second kappa shape index (κ2) is 8.93. The number of halogens is 1. The lowest BCUT2D eigenvalue weighted by Crippen LogP contribution is -2.33. The van der Waals surface area contributed by atoms with Crippen LogP contribution in [0.4, 0.5) is 16.4 Å². The number of nitrogens with two attached hydrogens (primary N) is 2. The molecule has 4 rings (SSSR count). The molecule has 4 N–H and O–H groups in total. The average Bonchev–Trinajstić information content (AvgIpc) is 3.13. The van der Waals surface area contributed by atoms with Gasteiger partial charge in [0.25, 0.3) is 0 Å². The van der Waals surface area contributed by atoms with Crippen LogP contribution in [0.2, 0.25) is 5.02 Å². The Kier molecular flexibility index (Phi) is 6.19. The van der Waals surface area contributed by atoms with E-state index in [4.69, 9.17) is 27.5 Å². The maximum absolute atomic E-state index is 13.1. The quantitative estimate of drug-likeness (QED) is 0.330. The number of furan rings is 1. The number of urea groups is 1. The van der Waals surface area contributed by atoms with Gasteiger partial charge in [-0.1, -0.05) is 67.9 Å². The van der Waals surface area contributed by atoms with Crippen LogP contribution in [-0.2, 0) is 6.54 Å². The fraction of sp³-hybridized carbons (Fsp3) is 0.222. The molecule has 0 spiro atoms. The van der Waals surface area contributed by atoms with Crippen LogP contribution >= 0.6 is 11.6 Å². The van der Waals surface area contributed by atoms with Crippen molar-refractivity contribution in [1.29, 1.82) is 0 Å². The van der Waals surface area contributed by atoms with Crippen LogP contribution in [0.25, 0.3) is 22.1 Å². The lowest BCUT2D eigenvalue weighted by Gasteiger charge is -2.26. The predicted octanol–water partition coefficient (Wildman–Crippen LogP) is 7.17. The minimum absolute atomic E-state index is 0.130. The van der Waals surface area contributed by atoms with E-state index in [1.807, 2.05) is 68.4 Å². The molecule has 1 heterocycles. The standard InChI is InChI=1S/C27H28ClN3O2/c1-15(2)19-10-7-8-18(14-29)24(19)31(27(30)32)26-23(20-9-5-6-11-22(20)28)21-13-16(3)12-17(4)25(21)33-26/h5-13,15H,14,29H2,1-4H3,(H2,30,32). The summed E-state index contributed by atoms with van der Waals surface area (Å²) in [6.45, 7) is 8.40. The van der Waals surface area contributed by atoms with E-state index >= 15 is 0 Å². The number of carbonyl (C=O) groups is 1. The number of primary amides is 1. The van der Waals surface area contributed by atoms with Gasteiger partial charge < -0.3 is 15.9 Å². The summed E-state index contributed by atoms with van der Waals surface area (Å²) in [5, 5.41) is 1.43. The minimum atomic E-state index is -0.653. The third-order valence-electron chi connectivity index (χ3n) is 5.88. The first-order valence-corrected chi connectivity index (χ1v) is 11.3. The maximum Gasteiger partial charge on any atom is 0.326 e. The molecule has 0 atom stereocenters. The van der Waals surface area contributed by atoms with E-state index in [1.165, 1.54) is 4.90 Å². The summed E-state index contributed by atoms with van der Waals surface area (Å²) in [5.74, 6) is 0.465. The highest BCUT2D eigenvalue weighted by atomic mass is 35.5. The Morgan fingerprint density at radius 3 is 2.45 bits per heavy atom. The van der Waals surface area contributed by atoms with Gasteiger partial charge in [-0.3, -0.25) is 0 Å². The van der Waals surface area contributed by atoms with E-state index in [2.05, 4.69) is 13.8 Å². The summed E-state index contributed by atoms with van der Waals surface area (Å²) in [7, 11) is 0. The van der Waals surface area contributed by atoms with Gasteiger partial charge in [0.15, 0.2) is 0 Å². The van der Waals surface area contributed by atoms with Gasteiger partial charge in [0, 0.05) is 22.5 Å². The molecular weight excluding hydrogens is 434 g/mol. The van der Waals surface area contributed by atoms with E-state index in [1.54, 1.807) is 0 Å². The SMILES string of the molecule is Cc1cc(C)c2oc(N(C(N)=O)c3c(CN)cccc3C(C)C)c(-c3ccccc3Cl)c2c1. The summed E-state index contributed by atoms with van der Waals surface area (Å²) < 4.78 is 6.43. The second-order valence-corrected chi connectivity index (χ2v) is 9.02. The van der Waals surface area contributed by atoms with Crippen LogP contribution in [-0.4, -0.2) is 6.03 Å². The lowest BCUT2D eigenvalue weighted by atomic mass is 9.96. The predicted molar refractivity (Wildman–Crippen MR) is 136 cm³/mol. The molecule has 3 aromatic carbocycles. The van der Waals surface area contributed by atoms with Gasteiger partial charge in [0.05, 0.1) is 11.3 Å². The summed E-state index contributed by atoms with van der Waals surface area (Å²) >= 11 is 6.64. The molecule has 0 radical (unpaired) electrons. The fourth-order valence-corrected chi connectivity index (χ4v) is 4.68. The highest BCUT2D eigenvalue weighted by Crippen LogP contribution is 2.47. The van der Waals surface area contributed by atoms with Crippen LogP contribution in [0.3, 0.4) is 0 Å². The summed E-state index contributed by atoms with van der Waals surface area (Å²) in [6.07, 6.45) is 0. The molecule has 2 amide bonds. The highest BCUT2D eigenvalue weighted by molar-refractivity contribution is 6.34. The Labute approximate surface area is 198 Å². The fourth-order valence-electron chi connectivity index (χ4n) is 4.45. The molecule has 0 bridgehead atoms. The molecule has 0 aliphatic carbocycles. The molecule has 33 heavy (non-hydrogen) atoms. The number of hydrogen-bond acceptors (Lipinski definition) is 3. The summed E-state index contributed by atoms with van der Waals surface area (Å²) in [6, 6.07) is 16.8. The van der Waals surface area contributed by atoms with E-state index < -0.39 is 6.03 Å². The molecule has 0 saturated heterocycles. The summed E-state index contributed by atoms with van der Waals surface area (Å²) in [5.41, 5.74) is 18.8. The number of anilines is 2. The monoisotopic (exact) mass is 461 g/mol. The molecule has 0 saturated carbocycles. The van der Waals surface area contributed by atoms with E-state index in [0.717, 1.165) is 38.8 Å². The third kappa shape index (κ3) is 3.99. The van der Waals surface area contributed by atoms with Crippen molar-refractivity contribution in [2.24, 2.45) is 11.5 Å². The number of amides is 2. The number of nitrogens with zero attached hydrogens (tertiary/aromatic N) is 1. The molecule has 5 nitrogen and oxygen atoms in total. The first-order valence-electron chi connectivity index (χ1n) is 10.9. The van der Waals surface area contributed by atoms with Crippen LogP contribution < -0.4 is 16.4 Å². The van der Waals surface area contributed by atoms with Crippen molar-refractivity contribution < 1.29 is 9.21 Å². The van der Waals surface area contributed by atoms with Gasteiger partial charge in [-0.2, -0.15) is 0 Å². The Hall–Kier alpha value is -3.28. The molecule has 170 valence electrons. The van der Waals surface area contributed by atoms with Gasteiger partial charge in [-0.05, 0) is 54.2 Å². The Balaban J connectivity index is 2.15. The third-order valence-corrected chi connectivity index (χ3v) is 6.21. The van der Waals surface area contributed by atoms with Gasteiger partial charge in [-0.25, -0.2) is 9.69 Å². The van der Waals surface area contributed by atoms with Gasteiger partial charge in [-0.15, -0.1) is 0 Å². The smallest absolute Gasteiger partial charge is 0.326 e. The number of carbonyl (C=O) groups excluding carboxylic acids is 1. The lowest BCUT2D eigenvalue weighted by molar-refractivity contribution is 0.255. The number of benzene rings is 3. The van der Waals surface area contributed by atoms with Crippen molar-refractivity contribution in [1.82, 2.24) is 0 Å². The zero-order valence-electron chi connectivity index (χ0n) is 19.3. The van der Waals surface area contributed by atoms with Crippen LogP contribution in [0.5, 0.6) is 0 Å². The van der Waals surface area contributed by atoms with Crippen molar-refractivity contribution in [2.45, 2.75) is 40.2 Å². The number of para-hydroxylation sites is 1. The van der Waals surface area contributed by atoms with E-state index in [-0.39, 0.29) is 12.5 Å². The molecule has 0 unspecified atom stereocenters. The summed E-state index contributed by atoms with van der Waals surface area (Å²) in [4.78, 5) is 14.5. The van der Waals surface area contributed by atoms with Gasteiger partial charge in [0.1, 0.15) is 5.58 Å². The molecule has 4 aromatic rings. The first-order chi connectivity index (χ1) is 15.7. The minimum Gasteiger partial charge on any atom is -0.439 e. The van der Waals surface area contributed by atoms with Crippen molar-refractivity contribution in [3.63, 3.8) is 0 Å². The number of aryl methyl sites for hydroxylation is 2. The Morgan fingerprint density at radius 1 is 1.09 bits per heavy atom. The number of rotatable bonds is 5. The molecule has 0 fully saturated rings. The highest BCUT2D eigenvalue weighted by Gasteiger charge is 2.31.